The SMILES string of the molecule is C[C@H]1C[C@H]2O[C@@]34CC[C@@H]5C(=C3C[C@@H]4C2N(CCCCCCNC(=O)OCC2c3ccccc3-c3ccccc32)C1)C[C@H]1[C@H]5CC=C2C[C@@H](O)CC[C@@]21C. The maximum atomic E-state index is 12.7. The summed E-state index contributed by atoms with van der Waals surface area (Å²) in [5, 5.41) is 13.5. The number of hydrogen-bond donors (Lipinski definition) is 2. The second-order valence-corrected chi connectivity index (χ2v) is 18.8. The van der Waals surface area contributed by atoms with Crippen molar-refractivity contribution in [2.45, 2.75) is 127 Å². The van der Waals surface area contributed by atoms with Crippen molar-refractivity contribution in [1.82, 2.24) is 10.2 Å². The number of piperidine rings is 1. The van der Waals surface area contributed by atoms with E-state index in [-0.39, 0.29) is 29.1 Å². The summed E-state index contributed by atoms with van der Waals surface area (Å²) in [7, 11) is 0. The first-order valence-corrected chi connectivity index (χ1v) is 21.4. The highest BCUT2D eigenvalue weighted by Gasteiger charge is 2.68. The summed E-state index contributed by atoms with van der Waals surface area (Å²) in [6, 6.07) is 17.5. The number of nitrogens with one attached hydrogen (secondary N) is 1. The van der Waals surface area contributed by atoms with E-state index in [4.69, 9.17) is 9.47 Å². The van der Waals surface area contributed by atoms with Gasteiger partial charge in [0.05, 0.1) is 17.8 Å². The van der Waals surface area contributed by atoms with Gasteiger partial charge in [-0.2, -0.15) is 0 Å². The molecule has 2 aliphatic heterocycles. The van der Waals surface area contributed by atoms with Crippen molar-refractivity contribution < 1.29 is 19.4 Å². The Morgan fingerprint density at radius 3 is 2.55 bits per heavy atom. The van der Waals surface area contributed by atoms with Gasteiger partial charge in [-0.1, -0.05) is 92.4 Å². The van der Waals surface area contributed by atoms with Crippen LogP contribution in [0.25, 0.3) is 11.1 Å². The monoisotopic (exact) mass is 716 g/mol. The van der Waals surface area contributed by atoms with Gasteiger partial charge in [0.1, 0.15) is 6.61 Å². The predicted octanol–water partition coefficient (Wildman–Crippen LogP) is 9.18. The summed E-state index contributed by atoms with van der Waals surface area (Å²) in [6.45, 7) is 8.38. The molecule has 3 saturated carbocycles. The largest absolute Gasteiger partial charge is 0.449 e. The quantitative estimate of drug-likeness (QED) is 0.200. The highest BCUT2D eigenvalue weighted by atomic mass is 16.5. The number of ether oxygens (including phenoxy) is 2. The third-order valence-corrected chi connectivity index (χ3v) is 16.1. The van der Waals surface area contributed by atoms with Crippen molar-refractivity contribution in [2.75, 3.05) is 26.2 Å². The number of aliphatic hydroxyl groups excluding tert-OH is 1. The molecule has 1 spiro atoms. The van der Waals surface area contributed by atoms with E-state index in [9.17, 15) is 9.90 Å². The highest BCUT2D eigenvalue weighted by molar-refractivity contribution is 5.79. The molecule has 10 atom stereocenters. The number of alkyl carbamates (subject to hydrolysis) is 1. The van der Waals surface area contributed by atoms with Crippen LogP contribution in [-0.4, -0.2) is 66.2 Å². The molecule has 0 bridgehead atoms. The molecule has 2 heterocycles. The Kier molecular flexibility index (Phi) is 8.72. The highest BCUT2D eigenvalue weighted by Crippen LogP contribution is 2.69. The number of aliphatic hydroxyl groups is 1. The van der Waals surface area contributed by atoms with E-state index in [0.717, 1.165) is 49.9 Å². The van der Waals surface area contributed by atoms with Gasteiger partial charge in [0.25, 0.3) is 0 Å². The summed E-state index contributed by atoms with van der Waals surface area (Å²) in [6.07, 6.45) is 17.6. The normalized spacial score (nSPS) is 37.9. The first kappa shape index (κ1) is 34.6. The van der Waals surface area contributed by atoms with Crippen LogP contribution in [0, 0.1) is 35.0 Å². The zero-order valence-electron chi connectivity index (χ0n) is 32.0. The molecule has 6 heteroatoms. The standard InChI is InChI=1S/C47H60N2O4/c1-29-23-43-44(42-26-41-38-25-40-37(36(38)18-20-47(41,42)53-43)16-15-30-24-31(50)17-19-46(30,40)2)49(27-29)22-10-4-3-9-21-48-45(51)52-28-39-34-13-7-5-11-32(34)33-12-6-8-14-35(33)39/h5-8,11-15,29,31,36-37,39-40,42-44,50H,3-4,9-10,16-28H2,1-2H3,(H,48,51)/t29-,31-,36-,37-,40-,42+,43+,44?,46-,47-/m0/s1. The Bertz CT molecular complexity index is 1770. The van der Waals surface area contributed by atoms with Gasteiger partial charge in [-0.15, -0.1) is 0 Å². The molecule has 2 aromatic carbocycles. The maximum absolute atomic E-state index is 12.7. The number of hydrogen-bond acceptors (Lipinski definition) is 5. The number of amides is 1. The van der Waals surface area contributed by atoms with Crippen LogP contribution in [0.15, 0.2) is 71.3 Å². The van der Waals surface area contributed by atoms with Crippen LogP contribution < -0.4 is 5.32 Å². The Hall–Kier alpha value is -2.93. The van der Waals surface area contributed by atoms with Crippen molar-refractivity contribution in [3.8, 4) is 11.1 Å². The summed E-state index contributed by atoms with van der Waals surface area (Å²) in [5.41, 5.74) is 10.5. The Labute approximate surface area is 316 Å². The predicted molar refractivity (Wildman–Crippen MR) is 208 cm³/mol. The van der Waals surface area contributed by atoms with Gasteiger partial charge in [-0.05, 0) is 134 Å². The number of nitrogens with zero attached hydrogens (tertiary/aromatic N) is 1. The smallest absolute Gasteiger partial charge is 0.407 e. The zero-order valence-corrected chi connectivity index (χ0v) is 32.0. The minimum atomic E-state index is -0.306. The third-order valence-electron chi connectivity index (χ3n) is 16.1. The summed E-state index contributed by atoms with van der Waals surface area (Å²) in [4.78, 5) is 15.5. The van der Waals surface area contributed by atoms with E-state index in [1.807, 2.05) is 5.57 Å². The third kappa shape index (κ3) is 5.54. The molecule has 5 fully saturated rings. The van der Waals surface area contributed by atoms with E-state index >= 15 is 0 Å². The number of likely N-dealkylation sites (tertiary alicyclic amines) is 1. The maximum Gasteiger partial charge on any atom is 0.407 e. The van der Waals surface area contributed by atoms with Crippen LogP contribution in [0.2, 0.25) is 0 Å². The van der Waals surface area contributed by atoms with Crippen LogP contribution in [0.5, 0.6) is 0 Å². The van der Waals surface area contributed by atoms with E-state index < -0.39 is 0 Å². The van der Waals surface area contributed by atoms with E-state index in [1.165, 1.54) is 86.7 Å². The van der Waals surface area contributed by atoms with Crippen molar-refractivity contribution in [1.29, 1.82) is 0 Å². The Morgan fingerprint density at radius 2 is 1.74 bits per heavy atom. The van der Waals surface area contributed by atoms with Crippen LogP contribution >= 0.6 is 0 Å². The van der Waals surface area contributed by atoms with Crippen LogP contribution in [0.4, 0.5) is 4.79 Å². The number of carbonyl (C=O) groups excluding carboxylic acids is 1. The number of unbranched alkanes of at least 4 members (excludes halogenated alkanes) is 3. The number of allylic oxidation sites excluding steroid dienone is 2. The molecule has 282 valence electrons. The number of rotatable bonds is 9. The lowest BCUT2D eigenvalue weighted by atomic mass is 9.54. The van der Waals surface area contributed by atoms with Crippen molar-refractivity contribution in [3.63, 3.8) is 0 Å². The average Bonchev–Trinajstić information content (AvgIpc) is 3.75. The topological polar surface area (TPSA) is 71.0 Å². The molecule has 53 heavy (non-hydrogen) atoms. The molecule has 2 N–H and O–H groups in total. The van der Waals surface area contributed by atoms with Crippen molar-refractivity contribution in [3.05, 3.63) is 82.5 Å². The van der Waals surface area contributed by atoms with Crippen molar-refractivity contribution >= 4 is 6.09 Å². The minimum Gasteiger partial charge on any atom is -0.449 e. The molecule has 6 aliphatic carbocycles. The fourth-order valence-electron chi connectivity index (χ4n) is 13.6. The molecule has 0 radical (unpaired) electrons. The van der Waals surface area contributed by atoms with Gasteiger partial charge >= 0.3 is 6.09 Å². The lowest BCUT2D eigenvalue weighted by Gasteiger charge is -2.54. The van der Waals surface area contributed by atoms with Gasteiger partial charge in [-0.25, -0.2) is 4.79 Å². The molecular formula is C47H60N2O4. The van der Waals surface area contributed by atoms with Crippen LogP contribution in [-0.2, 0) is 9.47 Å². The molecular weight excluding hydrogens is 657 g/mol. The zero-order chi connectivity index (χ0) is 35.9. The lowest BCUT2D eigenvalue weighted by Crippen LogP contribution is -2.57. The molecule has 2 aromatic rings. The first-order valence-electron chi connectivity index (χ1n) is 21.4. The second kappa shape index (κ2) is 13.4. The van der Waals surface area contributed by atoms with Gasteiger partial charge in [0.15, 0.2) is 0 Å². The van der Waals surface area contributed by atoms with E-state index in [2.05, 4.69) is 78.7 Å². The Balaban J connectivity index is 0.704. The van der Waals surface area contributed by atoms with Gasteiger partial charge < -0.3 is 19.9 Å². The molecule has 1 amide bonds. The van der Waals surface area contributed by atoms with E-state index in [0.29, 0.717) is 37.1 Å². The number of benzene rings is 2. The molecule has 8 aliphatic rings. The minimum absolute atomic E-state index is 0.0295. The summed E-state index contributed by atoms with van der Waals surface area (Å²) >= 11 is 0. The van der Waals surface area contributed by atoms with E-state index in [1.54, 1.807) is 11.1 Å². The second-order valence-electron chi connectivity index (χ2n) is 18.8. The molecule has 6 nitrogen and oxygen atoms in total. The van der Waals surface area contributed by atoms with Gasteiger partial charge in [0.2, 0.25) is 0 Å². The fourth-order valence-corrected chi connectivity index (χ4v) is 13.6. The molecule has 1 unspecified atom stereocenters. The molecule has 2 saturated heterocycles. The lowest BCUT2D eigenvalue weighted by molar-refractivity contribution is -0.0846. The fraction of sp³-hybridized carbons (Fsp3) is 0.638. The first-order chi connectivity index (χ1) is 25.8. The number of fused-ring (bicyclic) bond motifs is 10. The molecule has 10 rings (SSSR count). The summed E-state index contributed by atoms with van der Waals surface area (Å²) < 4.78 is 13.1. The molecule has 0 aromatic heterocycles. The van der Waals surface area contributed by atoms with Gasteiger partial charge in [0, 0.05) is 31.0 Å². The van der Waals surface area contributed by atoms with Crippen molar-refractivity contribution in [2.24, 2.45) is 35.0 Å². The average molecular weight is 717 g/mol. The van der Waals surface area contributed by atoms with Crippen LogP contribution in [0.3, 0.4) is 0 Å². The van der Waals surface area contributed by atoms with Gasteiger partial charge in [-0.3, -0.25) is 4.90 Å². The van der Waals surface area contributed by atoms with Crippen LogP contribution in [0.1, 0.15) is 114 Å². The summed E-state index contributed by atoms with van der Waals surface area (Å²) in [5.74, 6) is 3.76. The number of carbonyl (C=O) groups is 1. The Morgan fingerprint density at radius 1 is 0.962 bits per heavy atom.